The van der Waals surface area contributed by atoms with E-state index in [0.717, 1.165) is 22.3 Å². The van der Waals surface area contributed by atoms with Gasteiger partial charge in [0.15, 0.2) is 16.7 Å². The van der Waals surface area contributed by atoms with Crippen LogP contribution in [0.1, 0.15) is 29.2 Å². The average Bonchev–Trinajstić information content (AvgIpc) is 3.21. The second-order valence-corrected chi connectivity index (χ2v) is 10.8. The van der Waals surface area contributed by atoms with Crippen molar-refractivity contribution in [2.75, 3.05) is 18.1 Å². The van der Waals surface area contributed by atoms with Crippen LogP contribution < -0.4 is 14.4 Å². The van der Waals surface area contributed by atoms with Crippen LogP contribution >= 0.6 is 35.0 Å². The Kier molecular flexibility index (Phi) is 9.65. The summed E-state index contributed by atoms with van der Waals surface area (Å²) in [5, 5.41) is 1.65. The number of thioether (sulfide) groups is 1. The third kappa shape index (κ3) is 6.56. The van der Waals surface area contributed by atoms with Gasteiger partial charge in [-0.2, -0.15) is 0 Å². The summed E-state index contributed by atoms with van der Waals surface area (Å²) in [7, 11) is 0. The third-order valence-electron chi connectivity index (χ3n) is 6.02. The highest BCUT2D eigenvalue weighted by atomic mass is 35.5. The maximum Gasteiger partial charge on any atom is 0.271 e. The number of halogens is 2. The van der Waals surface area contributed by atoms with E-state index < -0.39 is 0 Å². The zero-order valence-corrected chi connectivity index (χ0v) is 24.8. The molecule has 5 nitrogen and oxygen atoms in total. The number of terminal acetylenes is 1. The lowest BCUT2D eigenvalue weighted by atomic mass is 10.0. The van der Waals surface area contributed by atoms with E-state index >= 15 is 0 Å². The van der Waals surface area contributed by atoms with Crippen LogP contribution in [0.15, 0.2) is 71.1 Å². The highest BCUT2D eigenvalue weighted by Gasteiger charge is 2.35. The molecule has 0 aromatic heterocycles. The molecule has 40 heavy (non-hydrogen) atoms. The van der Waals surface area contributed by atoms with Crippen LogP contribution in [-0.4, -0.2) is 24.3 Å². The molecule has 0 saturated carbocycles. The maximum absolute atomic E-state index is 13.9. The second kappa shape index (κ2) is 13.1. The molecule has 0 N–H and O–H groups in total. The Hall–Kier alpha value is -3.63. The van der Waals surface area contributed by atoms with Crippen LogP contribution in [0.2, 0.25) is 10.0 Å². The Balaban J connectivity index is 1.82. The van der Waals surface area contributed by atoms with Crippen molar-refractivity contribution in [2.45, 2.75) is 27.2 Å². The number of aliphatic imine (C=N–C) groups is 1. The van der Waals surface area contributed by atoms with Crippen molar-refractivity contribution in [2.24, 2.45) is 4.99 Å². The van der Waals surface area contributed by atoms with Gasteiger partial charge in [-0.1, -0.05) is 47.3 Å². The summed E-state index contributed by atoms with van der Waals surface area (Å²) in [5.41, 5.74) is 4.73. The summed E-state index contributed by atoms with van der Waals surface area (Å²) in [5.74, 6) is 3.39. The van der Waals surface area contributed by atoms with Crippen molar-refractivity contribution >= 4 is 63.5 Å². The molecule has 1 aliphatic rings. The van der Waals surface area contributed by atoms with Crippen LogP contribution in [0.4, 0.5) is 11.4 Å². The van der Waals surface area contributed by atoms with Crippen LogP contribution in [0, 0.1) is 26.2 Å². The normalized spacial score (nSPS) is 15.0. The fourth-order valence-electron chi connectivity index (χ4n) is 4.02. The molecule has 3 aromatic rings. The van der Waals surface area contributed by atoms with Gasteiger partial charge in [-0.15, -0.1) is 13.0 Å². The Morgan fingerprint density at radius 2 is 1.80 bits per heavy atom. The van der Waals surface area contributed by atoms with E-state index in [9.17, 15) is 4.79 Å². The van der Waals surface area contributed by atoms with Crippen LogP contribution in [-0.2, 0) is 11.2 Å². The highest BCUT2D eigenvalue weighted by Crippen LogP contribution is 2.40. The second-order valence-electron chi connectivity index (χ2n) is 8.94. The molecule has 4 rings (SSSR count). The number of amidine groups is 1. The van der Waals surface area contributed by atoms with E-state index in [2.05, 4.69) is 12.5 Å². The molecule has 1 fully saturated rings. The maximum atomic E-state index is 13.9. The minimum absolute atomic E-state index is 0.107. The van der Waals surface area contributed by atoms with Gasteiger partial charge in [0.05, 0.1) is 22.9 Å². The highest BCUT2D eigenvalue weighted by molar-refractivity contribution is 8.19. The summed E-state index contributed by atoms with van der Waals surface area (Å²) in [6, 6.07) is 14.8. The lowest BCUT2D eigenvalue weighted by Crippen LogP contribution is -2.28. The number of hydrogen-bond acceptors (Lipinski definition) is 5. The van der Waals surface area contributed by atoms with Gasteiger partial charge in [-0.3, -0.25) is 9.69 Å². The summed E-state index contributed by atoms with van der Waals surface area (Å²) in [4.78, 5) is 20.7. The first kappa shape index (κ1) is 29.4. The van der Waals surface area contributed by atoms with E-state index in [-0.39, 0.29) is 12.5 Å². The molecule has 1 heterocycles. The Bertz CT molecular complexity index is 1570. The molecule has 0 radical (unpaired) electrons. The minimum Gasteiger partial charge on any atom is -0.490 e. The van der Waals surface area contributed by atoms with E-state index in [4.69, 9.17) is 44.1 Å². The topological polar surface area (TPSA) is 51.1 Å². The van der Waals surface area contributed by atoms with Crippen molar-refractivity contribution in [3.63, 3.8) is 0 Å². The minimum atomic E-state index is -0.224. The van der Waals surface area contributed by atoms with Gasteiger partial charge in [-0.25, -0.2) is 4.99 Å². The largest absolute Gasteiger partial charge is 0.490 e. The van der Waals surface area contributed by atoms with Crippen molar-refractivity contribution < 1.29 is 14.3 Å². The number of carbonyl (C=O) groups excluding carboxylic acids is 1. The molecule has 0 bridgehead atoms. The van der Waals surface area contributed by atoms with Gasteiger partial charge in [0.1, 0.15) is 6.61 Å². The fraction of sp³-hybridized carbons (Fsp3) is 0.188. The van der Waals surface area contributed by atoms with Gasteiger partial charge >= 0.3 is 0 Å². The lowest BCUT2D eigenvalue weighted by molar-refractivity contribution is -0.113. The average molecular weight is 592 g/mol. The molecule has 0 atom stereocenters. The number of aryl methyl sites for hydroxylation is 2. The molecule has 1 aliphatic heterocycles. The molecule has 0 unspecified atom stereocenters. The summed E-state index contributed by atoms with van der Waals surface area (Å²) in [6.45, 7) is 10.1. The summed E-state index contributed by atoms with van der Waals surface area (Å²) in [6.07, 6.45) is 9.56. The van der Waals surface area contributed by atoms with Crippen LogP contribution in [0.3, 0.4) is 0 Å². The number of benzene rings is 3. The van der Waals surface area contributed by atoms with Gasteiger partial charge in [0.2, 0.25) is 0 Å². The lowest BCUT2D eigenvalue weighted by Gasteiger charge is -2.17. The van der Waals surface area contributed by atoms with Gasteiger partial charge in [-0.05, 0) is 98.1 Å². The Labute approximate surface area is 249 Å². The number of anilines is 1. The summed E-state index contributed by atoms with van der Waals surface area (Å²) >= 11 is 14.1. The van der Waals surface area contributed by atoms with Gasteiger partial charge in [0, 0.05) is 15.6 Å². The monoisotopic (exact) mass is 590 g/mol. The molecule has 204 valence electrons. The fourth-order valence-corrected chi connectivity index (χ4v) is 5.38. The van der Waals surface area contributed by atoms with Gasteiger partial charge < -0.3 is 9.47 Å². The number of ether oxygens (including phenoxy) is 2. The first-order chi connectivity index (χ1) is 19.2. The van der Waals surface area contributed by atoms with E-state index in [1.807, 2.05) is 63.2 Å². The zero-order chi connectivity index (χ0) is 28.8. The standard InChI is InChI=1S/C32H28Cl2N2O3S/c1-6-9-23-15-22(16-28(38-8-3)30(23)39-14-7-2)17-29-31(37)36(25-13-11-21(5)27(34)19-25)32(40-29)35-24-12-10-20(4)26(33)18-24/h2,6,10-13,15-19H,1,8-9,14H2,3-5H3/b29-17+,35-32?. The Morgan fingerprint density at radius 1 is 1.07 bits per heavy atom. The first-order valence-corrected chi connectivity index (χ1v) is 14.1. The predicted molar refractivity (Wildman–Crippen MR) is 168 cm³/mol. The van der Waals surface area contributed by atoms with Gasteiger partial charge in [0.25, 0.3) is 5.91 Å². The number of nitrogens with zero attached hydrogens (tertiary/aromatic N) is 2. The van der Waals surface area contributed by atoms with Crippen molar-refractivity contribution in [3.8, 4) is 23.8 Å². The predicted octanol–water partition coefficient (Wildman–Crippen LogP) is 8.56. The number of carbonyl (C=O) groups is 1. The number of hydrogen-bond donors (Lipinski definition) is 0. The SMILES string of the molecule is C#CCOc1c(CC=C)cc(/C=C2/SC(=Nc3ccc(C)c(Cl)c3)N(c3ccc(C)c(Cl)c3)C2=O)cc1OCC. The quantitative estimate of drug-likeness (QED) is 0.142. The third-order valence-corrected chi connectivity index (χ3v) is 7.80. The molecule has 8 heteroatoms. The van der Waals surface area contributed by atoms with E-state index in [1.54, 1.807) is 23.1 Å². The smallest absolute Gasteiger partial charge is 0.271 e. The molecular formula is C32H28Cl2N2O3S. The molecule has 3 aromatic carbocycles. The molecule has 1 amide bonds. The molecule has 0 spiro atoms. The molecule has 1 saturated heterocycles. The van der Waals surface area contributed by atoms with Crippen molar-refractivity contribution in [1.29, 1.82) is 0 Å². The number of amides is 1. The summed E-state index contributed by atoms with van der Waals surface area (Å²) < 4.78 is 11.7. The zero-order valence-electron chi connectivity index (χ0n) is 22.5. The van der Waals surface area contributed by atoms with Crippen molar-refractivity contribution in [3.05, 3.63) is 98.4 Å². The van der Waals surface area contributed by atoms with Crippen molar-refractivity contribution in [1.82, 2.24) is 0 Å². The van der Waals surface area contributed by atoms with E-state index in [1.165, 1.54) is 11.8 Å². The van der Waals surface area contributed by atoms with E-state index in [0.29, 0.717) is 56.0 Å². The number of rotatable bonds is 9. The van der Waals surface area contributed by atoms with Crippen LogP contribution in [0.5, 0.6) is 11.5 Å². The molecular weight excluding hydrogens is 563 g/mol. The Morgan fingerprint density at radius 3 is 2.45 bits per heavy atom. The van der Waals surface area contributed by atoms with Crippen LogP contribution in [0.25, 0.3) is 6.08 Å². The first-order valence-electron chi connectivity index (χ1n) is 12.6. The molecule has 0 aliphatic carbocycles. The number of allylic oxidation sites excluding steroid dienone is 1.